The zero-order chi connectivity index (χ0) is 16.9. The van der Waals surface area contributed by atoms with E-state index in [0.29, 0.717) is 17.3 Å². The first-order chi connectivity index (χ1) is 11.7. The molecule has 2 aromatic heterocycles. The quantitative estimate of drug-likeness (QED) is 0.864. The Labute approximate surface area is 143 Å². The Balaban J connectivity index is 1.61. The van der Waals surface area contributed by atoms with E-state index in [1.54, 1.807) is 6.20 Å². The van der Waals surface area contributed by atoms with Gasteiger partial charge in [0.15, 0.2) is 0 Å². The van der Waals surface area contributed by atoms with Gasteiger partial charge >= 0.3 is 0 Å². The van der Waals surface area contributed by atoms with Crippen LogP contribution in [0.4, 0.5) is 8.78 Å². The maximum atomic E-state index is 13.1. The summed E-state index contributed by atoms with van der Waals surface area (Å²) in [5.41, 5.74) is 7.21. The molecule has 1 aliphatic rings. The summed E-state index contributed by atoms with van der Waals surface area (Å²) in [6.45, 7) is 1.80. The van der Waals surface area contributed by atoms with Crippen molar-refractivity contribution in [3.05, 3.63) is 40.5 Å². The van der Waals surface area contributed by atoms with E-state index in [1.165, 1.54) is 16.8 Å². The molecule has 0 aromatic carbocycles. The summed E-state index contributed by atoms with van der Waals surface area (Å²) in [6.07, 6.45) is 0.854. The third kappa shape index (κ3) is 3.88. The fourth-order valence-corrected chi connectivity index (χ4v) is 3.94. The molecule has 0 amide bonds. The number of aromatic nitrogens is 2. The smallest absolute Gasteiger partial charge is 0.281 e. The van der Waals surface area contributed by atoms with E-state index in [0.717, 1.165) is 25.9 Å². The van der Waals surface area contributed by atoms with Crippen molar-refractivity contribution in [2.24, 2.45) is 5.73 Å². The van der Waals surface area contributed by atoms with Gasteiger partial charge in [-0.2, -0.15) is 0 Å². The molecule has 8 heteroatoms. The normalized spacial score (nSPS) is 18.0. The predicted molar refractivity (Wildman–Crippen MR) is 88.3 cm³/mol. The Morgan fingerprint density at radius 3 is 2.71 bits per heavy atom. The molecule has 0 bridgehead atoms. The van der Waals surface area contributed by atoms with Gasteiger partial charge in [-0.3, -0.25) is 4.90 Å². The van der Waals surface area contributed by atoms with Crippen LogP contribution in [0.15, 0.2) is 29.9 Å². The Bertz CT molecular complexity index is 632. The largest absolute Gasteiger partial charge is 0.474 e. The van der Waals surface area contributed by atoms with Gasteiger partial charge < -0.3 is 10.5 Å². The van der Waals surface area contributed by atoms with Crippen LogP contribution in [-0.4, -0.2) is 40.6 Å². The van der Waals surface area contributed by atoms with Crippen LogP contribution in [0.25, 0.3) is 0 Å². The lowest BCUT2D eigenvalue weighted by Gasteiger charge is -2.36. The van der Waals surface area contributed by atoms with Gasteiger partial charge in [0.1, 0.15) is 11.8 Å². The first-order valence-corrected chi connectivity index (χ1v) is 8.80. The van der Waals surface area contributed by atoms with Crippen LogP contribution in [0.5, 0.6) is 5.88 Å². The van der Waals surface area contributed by atoms with Crippen LogP contribution in [0, 0.1) is 0 Å². The van der Waals surface area contributed by atoms with Gasteiger partial charge in [-0.15, -0.1) is 11.3 Å². The number of thiazole rings is 1. The van der Waals surface area contributed by atoms with Crippen molar-refractivity contribution in [1.82, 2.24) is 14.9 Å². The number of ether oxygens (including phenoxy) is 1. The minimum atomic E-state index is -2.56. The molecule has 0 radical (unpaired) electrons. The summed E-state index contributed by atoms with van der Waals surface area (Å²) in [7, 11) is 0. The number of nitrogens with zero attached hydrogens (tertiary/aromatic N) is 3. The van der Waals surface area contributed by atoms with E-state index in [2.05, 4.69) is 14.9 Å². The molecule has 0 spiro atoms. The van der Waals surface area contributed by atoms with Crippen molar-refractivity contribution in [3.63, 3.8) is 0 Å². The molecule has 0 aliphatic carbocycles. The fraction of sp³-hybridized carbons (Fsp3) is 0.500. The van der Waals surface area contributed by atoms with Gasteiger partial charge in [-0.05, 0) is 18.9 Å². The van der Waals surface area contributed by atoms with Crippen molar-refractivity contribution in [2.75, 3.05) is 19.6 Å². The Kier molecular flexibility index (Phi) is 5.70. The molecule has 1 atom stereocenters. The van der Waals surface area contributed by atoms with Crippen molar-refractivity contribution in [3.8, 4) is 5.88 Å². The highest BCUT2D eigenvalue weighted by molar-refractivity contribution is 7.09. The van der Waals surface area contributed by atoms with Gasteiger partial charge in [0.05, 0.1) is 16.4 Å². The highest BCUT2D eigenvalue weighted by Gasteiger charge is 2.30. The van der Waals surface area contributed by atoms with Crippen molar-refractivity contribution in [1.29, 1.82) is 0 Å². The second-order valence-electron chi connectivity index (χ2n) is 5.68. The molecule has 1 unspecified atom stereocenters. The lowest BCUT2D eigenvalue weighted by molar-refractivity contribution is 0.0730. The number of hydrogen-bond donors (Lipinski definition) is 1. The monoisotopic (exact) mass is 354 g/mol. The lowest BCUT2D eigenvalue weighted by Crippen LogP contribution is -2.42. The Morgan fingerprint density at radius 1 is 1.29 bits per heavy atom. The molecular weight excluding hydrogens is 334 g/mol. The second kappa shape index (κ2) is 7.96. The maximum Gasteiger partial charge on any atom is 0.281 e. The number of nitrogens with two attached hydrogens (primary N) is 1. The molecule has 1 saturated heterocycles. The van der Waals surface area contributed by atoms with E-state index in [4.69, 9.17) is 10.5 Å². The molecule has 2 aromatic rings. The summed E-state index contributed by atoms with van der Waals surface area (Å²) >= 11 is 1.25. The van der Waals surface area contributed by atoms with Gasteiger partial charge in [-0.25, -0.2) is 18.7 Å². The standard InChI is InChI=1S/C16H20F2N4OS/c17-16(18)14-15(24-10-21-14)12(9-19)22-7-4-11(5-8-22)23-13-3-1-2-6-20-13/h1-3,6,10-12,16H,4-5,7-9,19H2. The summed E-state index contributed by atoms with van der Waals surface area (Å²) in [5, 5.41) is 0. The van der Waals surface area contributed by atoms with Crippen molar-refractivity contribution < 1.29 is 13.5 Å². The summed E-state index contributed by atoms with van der Waals surface area (Å²) in [6, 6.07) is 5.35. The molecule has 1 aliphatic heterocycles. The SMILES string of the molecule is NCC(c1scnc1C(F)F)N1CCC(Oc2ccccn2)CC1. The molecule has 5 nitrogen and oxygen atoms in total. The number of alkyl halides is 2. The van der Waals surface area contributed by atoms with Gasteiger partial charge in [0.2, 0.25) is 5.88 Å². The van der Waals surface area contributed by atoms with Crippen LogP contribution in [-0.2, 0) is 0 Å². The average Bonchev–Trinajstić information content (AvgIpc) is 3.08. The number of pyridine rings is 1. The Morgan fingerprint density at radius 2 is 2.08 bits per heavy atom. The van der Waals surface area contributed by atoms with Crippen molar-refractivity contribution >= 4 is 11.3 Å². The zero-order valence-electron chi connectivity index (χ0n) is 13.1. The van der Waals surface area contributed by atoms with E-state index in [1.807, 2.05) is 18.2 Å². The molecule has 3 heterocycles. The maximum absolute atomic E-state index is 13.1. The molecule has 0 saturated carbocycles. The van der Waals surface area contributed by atoms with Gasteiger partial charge in [0, 0.05) is 31.9 Å². The first kappa shape index (κ1) is 17.2. The van der Waals surface area contributed by atoms with Gasteiger partial charge in [-0.1, -0.05) is 6.07 Å². The number of likely N-dealkylation sites (tertiary alicyclic amines) is 1. The van der Waals surface area contributed by atoms with Crippen LogP contribution in [0.1, 0.15) is 35.9 Å². The summed E-state index contributed by atoms with van der Waals surface area (Å²) in [4.78, 5) is 10.7. The second-order valence-corrected chi connectivity index (χ2v) is 6.56. The molecule has 2 N–H and O–H groups in total. The number of halogens is 2. The topological polar surface area (TPSA) is 64.3 Å². The summed E-state index contributed by atoms with van der Waals surface area (Å²) < 4.78 is 32.0. The molecule has 3 rings (SSSR count). The minimum absolute atomic E-state index is 0.0885. The lowest BCUT2D eigenvalue weighted by atomic mass is 10.0. The van der Waals surface area contributed by atoms with Crippen LogP contribution in [0.2, 0.25) is 0 Å². The average molecular weight is 354 g/mol. The van der Waals surface area contributed by atoms with E-state index >= 15 is 0 Å². The first-order valence-electron chi connectivity index (χ1n) is 7.92. The number of piperidine rings is 1. The fourth-order valence-electron chi connectivity index (χ4n) is 2.99. The molecular formula is C16H20F2N4OS. The highest BCUT2D eigenvalue weighted by atomic mass is 32.1. The Hall–Kier alpha value is -1.64. The van der Waals surface area contributed by atoms with E-state index < -0.39 is 6.43 Å². The van der Waals surface area contributed by atoms with Gasteiger partial charge in [0.25, 0.3) is 6.43 Å². The zero-order valence-corrected chi connectivity index (χ0v) is 14.0. The van der Waals surface area contributed by atoms with Crippen LogP contribution >= 0.6 is 11.3 Å². The summed E-state index contributed by atoms with van der Waals surface area (Å²) in [5.74, 6) is 0.619. The molecule has 130 valence electrons. The predicted octanol–water partition coefficient (Wildman–Crippen LogP) is 3.02. The number of hydrogen-bond acceptors (Lipinski definition) is 6. The third-order valence-electron chi connectivity index (χ3n) is 4.20. The van der Waals surface area contributed by atoms with Crippen molar-refractivity contribution in [2.45, 2.75) is 31.4 Å². The van der Waals surface area contributed by atoms with Crippen LogP contribution in [0.3, 0.4) is 0 Å². The van der Waals surface area contributed by atoms with E-state index in [9.17, 15) is 8.78 Å². The molecule has 24 heavy (non-hydrogen) atoms. The molecule has 1 fully saturated rings. The van der Waals surface area contributed by atoms with E-state index in [-0.39, 0.29) is 17.8 Å². The third-order valence-corrected chi connectivity index (χ3v) is 5.15. The highest BCUT2D eigenvalue weighted by Crippen LogP contribution is 2.34. The van der Waals surface area contributed by atoms with Crippen LogP contribution < -0.4 is 10.5 Å². The number of rotatable bonds is 6. The minimum Gasteiger partial charge on any atom is -0.474 e.